The van der Waals surface area contributed by atoms with E-state index in [-0.39, 0.29) is 5.91 Å². The molecule has 0 atom stereocenters. The van der Waals surface area contributed by atoms with Gasteiger partial charge >= 0.3 is 0 Å². The van der Waals surface area contributed by atoms with E-state index in [2.05, 4.69) is 36.4 Å². The van der Waals surface area contributed by atoms with Crippen molar-refractivity contribution in [2.75, 3.05) is 17.2 Å². The molecular weight excluding hydrogens is 274 g/mol. The molecule has 1 amide bonds. The van der Waals surface area contributed by atoms with E-state index in [0.717, 1.165) is 24.3 Å². The Morgan fingerprint density at radius 1 is 1.14 bits per heavy atom. The molecule has 1 heterocycles. The second kappa shape index (κ2) is 7.59. The van der Waals surface area contributed by atoms with Gasteiger partial charge in [0.2, 0.25) is 0 Å². The summed E-state index contributed by atoms with van der Waals surface area (Å²) in [5.74, 6) is 0.388. The van der Waals surface area contributed by atoms with Gasteiger partial charge in [0, 0.05) is 24.6 Å². The maximum Gasteiger partial charge on any atom is 0.257 e. The Labute approximate surface area is 132 Å². The van der Waals surface area contributed by atoms with Crippen molar-refractivity contribution < 1.29 is 4.79 Å². The van der Waals surface area contributed by atoms with Crippen LogP contribution in [0.2, 0.25) is 0 Å². The highest BCUT2D eigenvalue weighted by Crippen LogP contribution is 2.14. The van der Waals surface area contributed by atoms with Gasteiger partial charge in [0.05, 0.1) is 11.3 Å². The fourth-order valence-corrected chi connectivity index (χ4v) is 2.01. The van der Waals surface area contributed by atoms with Crippen molar-refractivity contribution >= 4 is 17.3 Å². The predicted molar refractivity (Wildman–Crippen MR) is 91.3 cm³/mol. The number of pyridine rings is 1. The van der Waals surface area contributed by atoms with Crippen molar-refractivity contribution in [1.82, 2.24) is 4.98 Å². The number of rotatable bonds is 6. The van der Waals surface area contributed by atoms with Gasteiger partial charge in [-0.05, 0) is 36.1 Å². The first-order valence-corrected chi connectivity index (χ1v) is 7.67. The van der Waals surface area contributed by atoms with Crippen molar-refractivity contribution in [1.29, 1.82) is 0 Å². The molecule has 0 saturated carbocycles. The van der Waals surface area contributed by atoms with Crippen molar-refractivity contribution in [2.45, 2.75) is 27.2 Å². The zero-order valence-corrected chi connectivity index (χ0v) is 13.4. The summed E-state index contributed by atoms with van der Waals surface area (Å²) in [5.41, 5.74) is 3.46. The molecule has 0 radical (unpaired) electrons. The van der Waals surface area contributed by atoms with E-state index in [1.54, 1.807) is 12.4 Å². The van der Waals surface area contributed by atoms with Crippen LogP contribution in [0.15, 0.2) is 42.7 Å². The first-order chi connectivity index (χ1) is 10.6. The maximum absolute atomic E-state index is 12.3. The molecule has 2 aromatic rings. The fraction of sp³-hybridized carbons (Fsp3) is 0.333. The van der Waals surface area contributed by atoms with E-state index in [1.165, 1.54) is 5.56 Å². The van der Waals surface area contributed by atoms with E-state index in [9.17, 15) is 4.79 Å². The van der Waals surface area contributed by atoms with Crippen molar-refractivity contribution in [2.24, 2.45) is 5.92 Å². The third-order valence-electron chi connectivity index (χ3n) is 3.33. The smallest absolute Gasteiger partial charge is 0.257 e. The largest absolute Gasteiger partial charge is 0.384 e. The molecule has 4 nitrogen and oxygen atoms in total. The Morgan fingerprint density at radius 2 is 1.86 bits per heavy atom. The van der Waals surface area contributed by atoms with Crippen LogP contribution in [0, 0.1) is 5.92 Å². The molecular formula is C18H23N3O. The highest BCUT2D eigenvalue weighted by Gasteiger charge is 2.08. The average molecular weight is 297 g/mol. The second-order valence-corrected chi connectivity index (χ2v) is 5.74. The summed E-state index contributed by atoms with van der Waals surface area (Å²) in [6, 6.07) is 9.71. The summed E-state index contributed by atoms with van der Waals surface area (Å²) < 4.78 is 0. The zero-order chi connectivity index (χ0) is 15.9. The number of carbonyl (C=O) groups excluding carboxylic acids is 1. The number of anilines is 2. The predicted octanol–water partition coefficient (Wildman–Crippen LogP) is 3.96. The van der Waals surface area contributed by atoms with E-state index in [1.807, 2.05) is 30.3 Å². The first kappa shape index (κ1) is 16.0. The maximum atomic E-state index is 12.3. The van der Waals surface area contributed by atoms with E-state index in [4.69, 9.17) is 0 Å². The Morgan fingerprint density at radius 3 is 2.50 bits per heavy atom. The quantitative estimate of drug-likeness (QED) is 0.848. The third kappa shape index (κ3) is 4.58. The van der Waals surface area contributed by atoms with Gasteiger partial charge in [-0.25, -0.2) is 0 Å². The summed E-state index contributed by atoms with van der Waals surface area (Å²) >= 11 is 0. The van der Waals surface area contributed by atoms with Gasteiger partial charge in [0.25, 0.3) is 5.91 Å². The topological polar surface area (TPSA) is 54.0 Å². The Hall–Kier alpha value is -2.36. The monoisotopic (exact) mass is 297 g/mol. The van der Waals surface area contributed by atoms with Crippen LogP contribution >= 0.6 is 0 Å². The Balaban J connectivity index is 2.03. The summed E-state index contributed by atoms with van der Waals surface area (Å²) in [6.07, 6.45) is 4.30. The SMILES string of the molecule is CCc1ccc(NC(=O)c2cncc(NCC(C)C)c2)cc1. The molecule has 0 bridgehead atoms. The molecule has 2 N–H and O–H groups in total. The number of hydrogen-bond acceptors (Lipinski definition) is 3. The number of carbonyl (C=O) groups is 1. The third-order valence-corrected chi connectivity index (χ3v) is 3.33. The lowest BCUT2D eigenvalue weighted by Crippen LogP contribution is -2.13. The molecule has 0 aliphatic heterocycles. The molecule has 116 valence electrons. The van der Waals surface area contributed by atoms with Gasteiger partial charge in [0.15, 0.2) is 0 Å². The van der Waals surface area contributed by atoms with Crippen LogP contribution < -0.4 is 10.6 Å². The Kier molecular flexibility index (Phi) is 5.53. The molecule has 22 heavy (non-hydrogen) atoms. The lowest BCUT2D eigenvalue weighted by atomic mass is 10.1. The molecule has 0 aliphatic rings. The number of nitrogens with zero attached hydrogens (tertiary/aromatic N) is 1. The van der Waals surface area contributed by atoms with Gasteiger partial charge < -0.3 is 10.6 Å². The van der Waals surface area contributed by atoms with E-state index < -0.39 is 0 Å². The highest BCUT2D eigenvalue weighted by atomic mass is 16.1. The van der Waals surface area contributed by atoms with E-state index >= 15 is 0 Å². The standard InChI is InChI=1S/C18H23N3O/c1-4-14-5-7-16(8-6-14)21-18(22)15-9-17(12-19-11-15)20-10-13(2)3/h5-9,11-13,20H,4,10H2,1-3H3,(H,21,22). The van der Waals surface area contributed by atoms with Crippen molar-refractivity contribution in [3.63, 3.8) is 0 Å². The van der Waals surface area contributed by atoms with Crippen LogP contribution in [0.1, 0.15) is 36.7 Å². The lowest BCUT2D eigenvalue weighted by molar-refractivity contribution is 0.102. The average Bonchev–Trinajstić information content (AvgIpc) is 2.54. The Bertz CT molecular complexity index is 620. The second-order valence-electron chi connectivity index (χ2n) is 5.74. The lowest BCUT2D eigenvalue weighted by Gasteiger charge is -2.10. The number of aryl methyl sites for hydroxylation is 1. The van der Waals surface area contributed by atoms with E-state index in [0.29, 0.717) is 11.5 Å². The van der Waals surface area contributed by atoms with Gasteiger partial charge in [-0.3, -0.25) is 9.78 Å². The fourth-order valence-electron chi connectivity index (χ4n) is 2.01. The zero-order valence-electron chi connectivity index (χ0n) is 13.4. The first-order valence-electron chi connectivity index (χ1n) is 7.67. The minimum atomic E-state index is -0.148. The number of nitrogens with one attached hydrogen (secondary N) is 2. The molecule has 4 heteroatoms. The molecule has 0 unspecified atom stereocenters. The van der Waals surface area contributed by atoms with Gasteiger partial charge in [-0.1, -0.05) is 32.9 Å². The van der Waals surface area contributed by atoms with Gasteiger partial charge in [-0.15, -0.1) is 0 Å². The minimum absolute atomic E-state index is 0.148. The summed E-state index contributed by atoms with van der Waals surface area (Å²) in [6.45, 7) is 7.23. The minimum Gasteiger partial charge on any atom is -0.384 e. The molecule has 0 saturated heterocycles. The number of amides is 1. The molecule has 1 aromatic carbocycles. The van der Waals surface area contributed by atoms with Gasteiger partial charge in [0.1, 0.15) is 0 Å². The molecule has 2 rings (SSSR count). The summed E-state index contributed by atoms with van der Waals surface area (Å²) in [4.78, 5) is 16.4. The number of aromatic nitrogens is 1. The number of hydrogen-bond donors (Lipinski definition) is 2. The van der Waals surface area contributed by atoms with Gasteiger partial charge in [-0.2, -0.15) is 0 Å². The van der Waals surface area contributed by atoms with Crippen LogP contribution in [-0.2, 0) is 6.42 Å². The molecule has 0 fully saturated rings. The molecule has 1 aromatic heterocycles. The molecule has 0 spiro atoms. The van der Waals surface area contributed by atoms with Crippen LogP contribution in [0.25, 0.3) is 0 Å². The van der Waals surface area contributed by atoms with Crippen LogP contribution in [-0.4, -0.2) is 17.4 Å². The summed E-state index contributed by atoms with van der Waals surface area (Å²) in [5, 5.41) is 6.17. The number of benzene rings is 1. The molecule has 0 aliphatic carbocycles. The van der Waals surface area contributed by atoms with Crippen LogP contribution in [0.4, 0.5) is 11.4 Å². The highest BCUT2D eigenvalue weighted by molar-refractivity contribution is 6.04. The van der Waals surface area contributed by atoms with Crippen LogP contribution in [0.3, 0.4) is 0 Å². The normalized spacial score (nSPS) is 10.5. The summed E-state index contributed by atoms with van der Waals surface area (Å²) in [7, 11) is 0. The van der Waals surface area contributed by atoms with Crippen LogP contribution in [0.5, 0.6) is 0 Å². The van der Waals surface area contributed by atoms with Crippen molar-refractivity contribution in [3.8, 4) is 0 Å². The van der Waals surface area contributed by atoms with Crippen molar-refractivity contribution in [3.05, 3.63) is 53.9 Å².